The number of aromatic nitrogens is 1. The highest BCUT2D eigenvalue weighted by Gasteiger charge is 2.31. The number of pyridine rings is 1. The van der Waals surface area contributed by atoms with Crippen LogP contribution in [-0.2, 0) is 11.4 Å². The van der Waals surface area contributed by atoms with Gasteiger partial charge in [-0.2, -0.15) is 0 Å². The lowest BCUT2D eigenvalue weighted by atomic mass is 9.91. The molecule has 0 bridgehead atoms. The number of hydrogen-bond acceptors (Lipinski definition) is 4. The van der Waals surface area contributed by atoms with E-state index in [4.69, 9.17) is 21.1 Å². The van der Waals surface area contributed by atoms with Crippen molar-refractivity contribution in [3.05, 3.63) is 95.3 Å². The zero-order valence-electron chi connectivity index (χ0n) is 17.3. The van der Waals surface area contributed by atoms with Crippen molar-refractivity contribution in [2.45, 2.75) is 18.9 Å². The molecule has 0 radical (unpaired) electrons. The lowest BCUT2D eigenvalue weighted by Crippen LogP contribution is -2.27. The molecule has 3 aromatic carbocycles. The van der Waals surface area contributed by atoms with E-state index in [1.54, 1.807) is 24.5 Å². The molecule has 0 saturated heterocycles. The maximum Gasteiger partial charge on any atom is 0.232 e. The Morgan fingerprint density at radius 3 is 2.78 bits per heavy atom. The summed E-state index contributed by atoms with van der Waals surface area (Å²) in [7, 11) is 0. The predicted molar refractivity (Wildman–Crippen MR) is 125 cm³/mol. The zero-order valence-corrected chi connectivity index (χ0v) is 18.0. The fourth-order valence-electron chi connectivity index (χ4n) is 3.99. The molecule has 5 rings (SSSR count). The Bertz CT molecular complexity index is 1270. The lowest BCUT2D eigenvalue weighted by Gasteiger charge is -2.27. The standard InChI is InChI=1S/C26H21ClN2O3/c27-19-12-22-21(26(30)29-23-15-28-14-18-8-4-5-9-20(18)23)10-11-31-25(22)24(13-19)32-16-17-6-2-1-3-7-17/h1-9,12-15,21H,10-11,16H2,(H,29,30). The first-order valence-electron chi connectivity index (χ1n) is 10.5. The van der Waals surface area contributed by atoms with E-state index >= 15 is 0 Å². The van der Waals surface area contributed by atoms with Crippen molar-refractivity contribution in [1.29, 1.82) is 0 Å². The average molecular weight is 445 g/mol. The molecule has 6 heteroatoms. The topological polar surface area (TPSA) is 60.5 Å². The molecule has 1 aliphatic rings. The molecule has 1 aromatic heterocycles. The van der Waals surface area contributed by atoms with Gasteiger partial charge in [0.2, 0.25) is 5.91 Å². The lowest BCUT2D eigenvalue weighted by molar-refractivity contribution is -0.118. The van der Waals surface area contributed by atoms with Crippen LogP contribution in [0, 0.1) is 0 Å². The maximum atomic E-state index is 13.3. The van der Waals surface area contributed by atoms with Gasteiger partial charge in [-0.1, -0.05) is 66.2 Å². The van der Waals surface area contributed by atoms with Gasteiger partial charge >= 0.3 is 0 Å². The van der Waals surface area contributed by atoms with Crippen LogP contribution in [0.2, 0.25) is 5.02 Å². The molecule has 2 heterocycles. The third-order valence-electron chi connectivity index (χ3n) is 5.56. The van der Waals surface area contributed by atoms with Crippen molar-refractivity contribution >= 4 is 34.0 Å². The van der Waals surface area contributed by atoms with Crippen molar-refractivity contribution in [2.75, 3.05) is 11.9 Å². The minimum Gasteiger partial charge on any atom is -0.489 e. The molecule has 1 unspecified atom stereocenters. The average Bonchev–Trinajstić information content (AvgIpc) is 2.83. The molecule has 32 heavy (non-hydrogen) atoms. The van der Waals surface area contributed by atoms with E-state index in [0.29, 0.717) is 41.8 Å². The van der Waals surface area contributed by atoms with Crippen LogP contribution in [0.3, 0.4) is 0 Å². The Kier molecular flexibility index (Phi) is 5.65. The van der Waals surface area contributed by atoms with Gasteiger partial charge in [0.25, 0.3) is 0 Å². The summed E-state index contributed by atoms with van der Waals surface area (Å²) in [5.74, 6) is 0.591. The number of carbonyl (C=O) groups excluding carboxylic acids is 1. The highest BCUT2D eigenvalue weighted by Crippen LogP contribution is 2.43. The Labute approximate surface area is 191 Å². The first-order chi connectivity index (χ1) is 15.7. The van der Waals surface area contributed by atoms with Gasteiger partial charge in [-0.25, -0.2) is 0 Å². The molecule has 0 aliphatic carbocycles. The molecule has 0 spiro atoms. The second-order valence-corrected chi connectivity index (χ2v) is 8.12. The molecule has 1 amide bonds. The van der Waals surface area contributed by atoms with Crippen molar-refractivity contribution in [3.63, 3.8) is 0 Å². The molecule has 4 aromatic rings. The number of ether oxygens (including phenoxy) is 2. The van der Waals surface area contributed by atoms with Crippen molar-refractivity contribution < 1.29 is 14.3 Å². The highest BCUT2D eigenvalue weighted by atomic mass is 35.5. The van der Waals surface area contributed by atoms with Crippen LogP contribution in [-0.4, -0.2) is 17.5 Å². The number of nitrogens with zero attached hydrogens (tertiary/aromatic N) is 1. The summed E-state index contributed by atoms with van der Waals surface area (Å²) in [4.78, 5) is 17.6. The van der Waals surface area contributed by atoms with E-state index in [1.165, 1.54) is 0 Å². The molecule has 0 fully saturated rings. The second kappa shape index (κ2) is 8.89. The molecule has 0 saturated carbocycles. The van der Waals surface area contributed by atoms with E-state index in [1.807, 2.05) is 54.6 Å². The minimum absolute atomic E-state index is 0.121. The summed E-state index contributed by atoms with van der Waals surface area (Å²) in [6, 6.07) is 21.2. The Balaban J connectivity index is 1.42. The number of benzene rings is 3. The van der Waals surface area contributed by atoms with Crippen LogP contribution in [0.1, 0.15) is 23.5 Å². The van der Waals surface area contributed by atoms with Gasteiger partial charge in [0.1, 0.15) is 6.61 Å². The first-order valence-corrected chi connectivity index (χ1v) is 10.8. The van der Waals surface area contributed by atoms with Crippen LogP contribution in [0.5, 0.6) is 11.5 Å². The fraction of sp³-hybridized carbons (Fsp3) is 0.154. The van der Waals surface area contributed by atoms with Gasteiger partial charge in [-0.3, -0.25) is 9.78 Å². The summed E-state index contributed by atoms with van der Waals surface area (Å²) in [6.45, 7) is 0.803. The fourth-order valence-corrected chi connectivity index (χ4v) is 4.20. The third kappa shape index (κ3) is 4.12. The Morgan fingerprint density at radius 2 is 1.91 bits per heavy atom. The summed E-state index contributed by atoms with van der Waals surface area (Å²) in [5, 5.41) is 5.47. The normalized spacial score (nSPS) is 15.0. The Hall–Kier alpha value is -3.57. The SMILES string of the molecule is O=C(Nc1cncc2ccccc12)C1CCOc2c(OCc3ccccc3)cc(Cl)cc21. The van der Waals surface area contributed by atoms with Gasteiger partial charge in [-0.15, -0.1) is 0 Å². The van der Waals surface area contributed by atoms with Crippen molar-refractivity contribution in [1.82, 2.24) is 4.98 Å². The van der Waals surface area contributed by atoms with Crippen LogP contribution in [0.4, 0.5) is 5.69 Å². The smallest absolute Gasteiger partial charge is 0.232 e. The van der Waals surface area contributed by atoms with Gasteiger partial charge in [0, 0.05) is 33.6 Å². The number of rotatable bonds is 5. The number of halogens is 1. The van der Waals surface area contributed by atoms with Crippen molar-refractivity contribution in [2.24, 2.45) is 0 Å². The molecule has 5 nitrogen and oxygen atoms in total. The molecule has 1 N–H and O–H groups in total. The number of hydrogen-bond donors (Lipinski definition) is 1. The quantitative estimate of drug-likeness (QED) is 0.412. The number of nitrogens with one attached hydrogen (secondary N) is 1. The predicted octanol–water partition coefficient (Wildman–Crippen LogP) is 5.97. The molecule has 160 valence electrons. The number of amides is 1. The van der Waals surface area contributed by atoms with E-state index in [9.17, 15) is 4.79 Å². The largest absolute Gasteiger partial charge is 0.489 e. The Morgan fingerprint density at radius 1 is 1.09 bits per heavy atom. The first kappa shape index (κ1) is 20.3. The second-order valence-electron chi connectivity index (χ2n) is 7.68. The minimum atomic E-state index is -0.407. The monoisotopic (exact) mass is 444 g/mol. The zero-order chi connectivity index (χ0) is 21.9. The van der Waals surface area contributed by atoms with Crippen molar-refractivity contribution in [3.8, 4) is 11.5 Å². The van der Waals surface area contributed by atoms with Gasteiger partial charge < -0.3 is 14.8 Å². The number of fused-ring (bicyclic) bond motifs is 2. The van der Waals surface area contributed by atoms with E-state index < -0.39 is 5.92 Å². The van der Waals surface area contributed by atoms with Crippen LogP contribution in [0.25, 0.3) is 10.8 Å². The van der Waals surface area contributed by atoms with Crippen LogP contribution < -0.4 is 14.8 Å². The summed E-state index contributed by atoms with van der Waals surface area (Å²) in [6.07, 6.45) is 4.01. The number of anilines is 1. The van der Waals surface area contributed by atoms with Crippen LogP contribution >= 0.6 is 11.6 Å². The summed E-state index contributed by atoms with van der Waals surface area (Å²) in [5.41, 5.74) is 2.45. The van der Waals surface area contributed by atoms with E-state index in [0.717, 1.165) is 21.9 Å². The van der Waals surface area contributed by atoms with Gasteiger partial charge in [0.05, 0.1) is 24.4 Å². The summed E-state index contributed by atoms with van der Waals surface area (Å²) < 4.78 is 11.9. The van der Waals surface area contributed by atoms with Gasteiger partial charge in [0.15, 0.2) is 11.5 Å². The van der Waals surface area contributed by atoms with Crippen LogP contribution in [0.15, 0.2) is 79.1 Å². The van der Waals surface area contributed by atoms with E-state index in [-0.39, 0.29) is 5.91 Å². The summed E-state index contributed by atoms with van der Waals surface area (Å²) >= 11 is 6.39. The molecular weight excluding hydrogens is 424 g/mol. The van der Waals surface area contributed by atoms with E-state index in [2.05, 4.69) is 10.3 Å². The molecule has 1 atom stereocenters. The third-order valence-corrected chi connectivity index (χ3v) is 5.77. The molecule has 1 aliphatic heterocycles. The highest BCUT2D eigenvalue weighted by molar-refractivity contribution is 6.31. The van der Waals surface area contributed by atoms with Gasteiger partial charge in [-0.05, 0) is 18.1 Å². The number of carbonyl (C=O) groups is 1. The maximum absolute atomic E-state index is 13.3. The molecular formula is C26H21ClN2O3.